The number of carboxylic acids is 1. The van der Waals surface area contributed by atoms with E-state index in [2.05, 4.69) is 15.6 Å². The molecular formula is C25H20N4O4. The topological polar surface area (TPSA) is 110 Å². The second-order valence-corrected chi connectivity index (χ2v) is 7.89. The third kappa shape index (κ3) is 3.61. The normalized spacial score (nSPS) is 12.2. The van der Waals surface area contributed by atoms with E-state index in [0.29, 0.717) is 22.2 Å². The minimum atomic E-state index is -1.02. The molecule has 5 rings (SSSR count). The highest BCUT2D eigenvalue weighted by atomic mass is 16.4. The molecule has 1 unspecified atom stereocenters. The van der Waals surface area contributed by atoms with Gasteiger partial charge in [0.05, 0.1) is 22.5 Å². The Morgan fingerprint density at radius 1 is 1.09 bits per heavy atom. The Balaban J connectivity index is 1.66. The van der Waals surface area contributed by atoms with Crippen LogP contribution in [0.1, 0.15) is 34.5 Å². The van der Waals surface area contributed by atoms with Gasteiger partial charge >= 0.3 is 5.97 Å². The Morgan fingerprint density at radius 2 is 1.85 bits per heavy atom. The predicted molar refractivity (Wildman–Crippen MR) is 125 cm³/mol. The second kappa shape index (κ2) is 7.90. The molecule has 8 nitrogen and oxygen atoms in total. The van der Waals surface area contributed by atoms with Crippen LogP contribution in [0.3, 0.4) is 0 Å². The molecule has 2 N–H and O–H groups in total. The van der Waals surface area contributed by atoms with Crippen molar-refractivity contribution in [2.75, 3.05) is 5.32 Å². The molecule has 0 radical (unpaired) electrons. The number of para-hydroxylation sites is 2. The van der Waals surface area contributed by atoms with Gasteiger partial charge in [0.1, 0.15) is 11.1 Å². The fourth-order valence-corrected chi connectivity index (χ4v) is 3.99. The number of nitrogens with one attached hydrogen (secondary N) is 1. The number of carboxylic acid groups (broad SMARTS) is 1. The van der Waals surface area contributed by atoms with E-state index in [1.807, 2.05) is 44.2 Å². The average molecular weight is 440 g/mol. The van der Waals surface area contributed by atoms with E-state index in [9.17, 15) is 14.7 Å². The third-order valence-electron chi connectivity index (χ3n) is 5.55. The number of carbonyl (C=O) groups is 1. The van der Waals surface area contributed by atoms with Crippen molar-refractivity contribution in [3.63, 3.8) is 0 Å². The first-order valence-corrected chi connectivity index (χ1v) is 10.4. The van der Waals surface area contributed by atoms with E-state index < -0.39 is 5.97 Å². The zero-order valence-corrected chi connectivity index (χ0v) is 17.9. The smallest absolute Gasteiger partial charge is 0.337 e. The fourth-order valence-electron chi connectivity index (χ4n) is 3.99. The molecule has 0 aliphatic rings. The van der Waals surface area contributed by atoms with Crippen LogP contribution in [-0.4, -0.2) is 26.1 Å². The average Bonchev–Trinajstić information content (AvgIpc) is 3.23. The number of nitrogens with zero attached hydrogens (tertiary/aromatic N) is 3. The summed E-state index contributed by atoms with van der Waals surface area (Å²) in [4.78, 5) is 24.7. The number of aromatic carboxylic acids is 1. The Kier molecular flexibility index (Phi) is 4.90. The Labute approximate surface area is 188 Å². The molecule has 33 heavy (non-hydrogen) atoms. The molecule has 1 atom stereocenters. The number of fused-ring (bicyclic) bond motifs is 2. The summed E-state index contributed by atoms with van der Waals surface area (Å²) in [6, 6.07) is 18.9. The van der Waals surface area contributed by atoms with Gasteiger partial charge < -0.3 is 14.8 Å². The van der Waals surface area contributed by atoms with E-state index in [1.165, 1.54) is 10.7 Å². The van der Waals surface area contributed by atoms with Gasteiger partial charge in [0.15, 0.2) is 5.43 Å². The van der Waals surface area contributed by atoms with Crippen molar-refractivity contribution in [3.05, 3.63) is 93.6 Å². The fraction of sp³-hybridized carbons (Fsp3) is 0.120. The van der Waals surface area contributed by atoms with Crippen molar-refractivity contribution in [3.8, 4) is 5.88 Å². The molecule has 0 amide bonds. The highest BCUT2D eigenvalue weighted by Crippen LogP contribution is 2.30. The minimum Gasteiger partial charge on any atom is -0.478 e. The largest absolute Gasteiger partial charge is 0.478 e. The molecule has 164 valence electrons. The molecule has 5 aromatic rings. The quantitative estimate of drug-likeness (QED) is 0.407. The molecule has 2 heterocycles. The first kappa shape index (κ1) is 20.4. The molecule has 0 fully saturated rings. The van der Waals surface area contributed by atoms with Gasteiger partial charge in [-0.2, -0.15) is 4.68 Å². The molecule has 0 aliphatic carbocycles. The van der Waals surface area contributed by atoms with Crippen molar-refractivity contribution in [1.82, 2.24) is 15.0 Å². The summed E-state index contributed by atoms with van der Waals surface area (Å²) in [6.07, 6.45) is 0. The Bertz CT molecular complexity index is 1590. The summed E-state index contributed by atoms with van der Waals surface area (Å²) < 4.78 is 7.72. The van der Waals surface area contributed by atoms with E-state index in [0.717, 1.165) is 16.6 Å². The second-order valence-electron chi connectivity index (χ2n) is 7.89. The van der Waals surface area contributed by atoms with Crippen LogP contribution >= 0.6 is 0 Å². The number of rotatable bonds is 5. The Morgan fingerprint density at radius 3 is 2.67 bits per heavy atom. The zero-order chi connectivity index (χ0) is 23.1. The van der Waals surface area contributed by atoms with Gasteiger partial charge in [0.25, 0.3) is 0 Å². The summed E-state index contributed by atoms with van der Waals surface area (Å²) in [6.45, 7) is 3.80. The van der Waals surface area contributed by atoms with Crippen molar-refractivity contribution < 1.29 is 14.3 Å². The van der Waals surface area contributed by atoms with Crippen molar-refractivity contribution >= 4 is 33.7 Å². The van der Waals surface area contributed by atoms with E-state index in [-0.39, 0.29) is 22.9 Å². The van der Waals surface area contributed by atoms with Crippen LogP contribution in [0.15, 0.2) is 75.9 Å². The SMILES string of the molecule is Cc1cc(C(C)Nc2ccccc2C(=O)O)c2oc(-n3nnc4ccccc43)cc(=O)c2c1. The van der Waals surface area contributed by atoms with Gasteiger partial charge in [-0.05, 0) is 49.7 Å². The molecule has 3 aromatic carbocycles. The molecule has 0 bridgehead atoms. The number of hydrogen-bond acceptors (Lipinski definition) is 6. The van der Waals surface area contributed by atoms with Gasteiger partial charge in [-0.1, -0.05) is 35.5 Å². The molecule has 2 aromatic heterocycles. The lowest BCUT2D eigenvalue weighted by molar-refractivity contribution is 0.0698. The van der Waals surface area contributed by atoms with Crippen LogP contribution < -0.4 is 10.7 Å². The monoisotopic (exact) mass is 440 g/mol. The predicted octanol–water partition coefficient (Wildman–Crippen LogP) is 4.71. The maximum atomic E-state index is 13.0. The van der Waals surface area contributed by atoms with Gasteiger partial charge in [-0.25, -0.2) is 4.79 Å². The van der Waals surface area contributed by atoms with E-state index in [4.69, 9.17) is 4.42 Å². The van der Waals surface area contributed by atoms with Gasteiger partial charge in [-0.3, -0.25) is 4.79 Å². The molecule has 8 heteroatoms. The highest BCUT2D eigenvalue weighted by molar-refractivity contribution is 5.94. The number of benzene rings is 3. The highest BCUT2D eigenvalue weighted by Gasteiger charge is 2.19. The number of anilines is 1. The molecule has 0 saturated carbocycles. The lowest BCUT2D eigenvalue weighted by Gasteiger charge is -2.19. The number of aromatic nitrogens is 3. The van der Waals surface area contributed by atoms with Gasteiger partial charge in [-0.15, -0.1) is 5.10 Å². The van der Waals surface area contributed by atoms with Crippen molar-refractivity contribution in [2.24, 2.45) is 0 Å². The lowest BCUT2D eigenvalue weighted by Crippen LogP contribution is -2.13. The maximum Gasteiger partial charge on any atom is 0.337 e. The summed E-state index contributed by atoms with van der Waals surface area (Å²) >= 11 is 0. The first-order valence-electron chi connectivity index (χ1n) is 10.4. The van der Waals surface area contributed by atoms with Crippen molar-refractivity contribution in [2.45, 2.75) is 19.9 Å². The number of hydrogen-bond donors (Lipinski definition) is 2. The van der Waals surface area contributed by atoms with Crippen LogP contribution in [0, 0.1) is 6.92 Å². The third-order valence-corrected chi connectivity index (χ3v) is 5.55. The van der Waals surface area contributed by atoms with Crippen LogP contribution in [0.2, 0.25) is 0 Å². The summed E-state index contributed by atoms with van der Waals surface area (Å²) in [5.74, 6) is -0.768. The first-order chi connectivity index (χ1) is 15.9. The van der Waals surface area contributed by atoms with Crippen molar-refractivity contribution in [1.29, 1.82) is 0 Å². The standard InChI is InChI=1S/C25H20N4O4/c1-14-11-17(15(2)26-19-8-4-3-7-16(19)25(31)32)24-18(12-14)22(30)13-23(33-24)29-21-10-6-5-9-20(21)27-28-29/h3-13,15,26H,1-2H3,(H,31,32). The Hall–Kier alpha value is -4.46. The molecule has 0 spiro atoms. The minimum absolute atomic E-state index is 0.164. The summed E-state index contributed by atoms with van der Waals surface area (Å²) in [7, 11) is 0. The zero-order valence-electron chi connectivity index (χ0n) is 17.9. The van der Waals surface area contributed by atoms with Gasteiger partial charge in [0.2, 0.25) is 5.88 Å². The molecular weight excluding hydrogens is 420 g/mol. The van der Waals surface area contributed by atoms with E-state index in [1.54, 1.807) is 30.3 Å². The van der Waals surface area contributed by atoms with Crippen LogP contribution in [0.4, 0.5) is 5.69 Å². The van der Waals surface area contributed by atoms with Crippen LogP contribution in [0.25, 0.3) is 27.9 Å². The lowest BCUT2D eigenvalue weighted by atomic mass is 10.0. The molecule has 0 aliphatic heterocycles. The number of aryl methyl sites for hydroxylation is 1. The molecule has 0 saturated heterocycles. The summed E-state index contributed by atoms with van der Waals surface area (Å²) in [5, 5.41) is 21.5. The van der Waals surface area contributed by atoms with Gasteiger partial charge in [0, 0.05) is 17.3 Å². The maximum absolute atomic E-state index is 13.0. The summed E-state index contributed by atoms with van der Waals surface area (Å²) in [5.41, 5.74) is 3.88. The van der Waals surface area contributed by atoms with Crippen LogP contribution in [-0.2, 0) is 0 Å². The van der Waals surface area contributed by atoms with E-state index >= 15 is 0 Å². The van der Waals surface area contributed by atoms with Crippen LogP contribution in [0.5, 0.6) is 0 Å².